The van der Waals surface area contributed by atoms with Crippen molar-refractivity contribution in [3.05, 3.63) is 57.6 Å². The molecule has 0 aliphatic carbocycles. The maximum Gasteiger partial charge on any atom is 0.340 e. The number of carbonyl (C=O) groups excluding carboxylic acids is 2. The molecule has 2 aromatic rings. The number of ether oxygens (including phenoxy) is 1. The minimum Gasteiger partial charge on any atom is -0.452 e. The summed E-state index contributed by atoms with van der Waals surface area (Å²) in [6, 6.07) is 8.73. The molecule has 0 aliphatic rings. The number of hydrogen-bond acceptors (Lipinski definition) is 5. The van der Waals surface area contributed by atoms with E-state index < -0.39 is 28.5 Å². The summed E-state index contributed by atoms with van der Waals surface area (Å²) < 4.78 is 30.7. The Morgan fingerprint density at radius 1 is 1.11 bits per heavy atom. The zero-order chi connectivity index (χ0) is 21.1. The number of halogens is 2. The third kappa shape index (κ3) is 5.23. The van der Waals surface area contributed by atoms with Crippen LogP contribution in [0.1, 0.15) is 15.9 Å². The molecule has 0 spiro atoms. The fraction of sp³-hybridized carbons (Fsp3) is 0.222. The van der Waals surface area contributed by atoms with Crippen LogP contribution in [-0.4, -0.2) is 45.3 Å². The smallest absolute Gasteiger partial charge is 0.340 e. The number of amides is 1. The second-order valence-electron chi connectivity index (χ2n) is 6.02. The van der Waals surface area contributed by atoms with E-state index >= 15 is 0 Å². The molecule has 1 N–H and O–H groups in total. The predicted molar refractivity (Wildman–Crippen MR) is 107 cm³/mol. The van der Waals surface area contributed by atoms with E-state index in [9.17, 15) is 18.0 Å². The molecule has 0 radical (unpaired) electrons. The van der Waals surface area contributed by atoms with E-state index in [0.717, 1.165) is 4.31 Å². The lowest BCUT2D eigenvalue weighted by Crippen LogP contribution is -2.24. The van der Waals surface area contributed by atoms with Gasteiger partial charge in [-0.25, -0.2) is 17.5 Å². The van der Waals surface area contributed by atoms with Crippen molar-refractivity contribution >= 4 is 50.8 Å². The number of hydrogen-bond donors (Lipinski definition) is 1. The molecular formula is C18H18Cl2N2O5S. The van der Waals surface area contributed by atoms with Crippen molar-refractivity contribution in [1.82, 2.24) is 4.31 Å². The van der Waals surface area contributed by atoms with E-state index in [-0.39, 0.29) is 21.2 Å². The summed E-state index contributed by atoms with van der Waals surface area (Å²) in [5, 5.41) is 2.97. The second kappa shape index (κ2) is 8.91. The van der Waals surface area contributed by atoms with Crippen LogP contribution in [0.2, 0.25) is 10.0 Å². The zero-order valence-corrected chi connectivity index (χ0v) is 17.7. The Bertz CT molecular complexity index is 1020. The number of nitrogens with one attached hydrogen (secondary N) is 1. The second-order valence-corrected chi connectivity index (χ2v) is 8.98. The first-order chi connectivity index (χ1) is 13.0. The summed E-state index contributed by atoms with van der Waals surface area (Å²) in [7, 11) is -0.829. The van der Waals surface area contributed by atoms with Gasteiger partial charge in [-0.05, 0) is 42.8 Å². The monoisotopic (exact) mass is 444 g/mol. The van der Waals surface area contributed by atoms with Crippen LogP contribution >= 0.6 is 23.2 Å². The molecule has 0 atom stereocenters. The van der Waals surface area contributed by atoms with Crippen molar-refractivity contribution in [3.63, 3.8) is 0 Å². The standard InChI is InChI=1S/C18H18Cl2N2O5S/c1-11-4-6-13(9-16(11)28(25,26)22(2)3)21-17(23)10-27-18(24)14-7-5-12(19)8-15(14)20/h4-9H,10H2,1-3H3,(H,21,23). The third-order valence-corrected chi connectivity index (χ3v) is 6.22. The summed E-state index contributed by atoms with van der Waals surface area (Å²) >= 11 is 11.7. The van der Waals surface area contributed by atoms with Gasteiger partial charge in [-0.3, -0.25) is 4.79 Å². The fourth-order valence-corrected chi connectivity index (χ4v) is 3.84. The Hall–Kier alpha value is -2.13. The van der Waals surface area contributed by atoms with Crippen LogP contribution in [0.15, 0.2) is 41.3 Å². The van der Waals surface area contributed by atoms with Crippen molar-refractivity contribution in [3.8, 4) is 0 Å². The summed E-state index contributed by atoms with van der Waals surface area (Å²) in [4.78, 5) is 24.2. The van der Waals surface area contributed by atoms with Gasteiger partial charge in [0.1, 0.15) is 0 Å². The third-order valence-electron chi connectivity index (χ3n) is 3.72. The largest absolute Gasteiger partial charge is 0.452 e. The van der Waals surface area contributed by atoms with Gasteiger partial charge in [0.2, 0.25) is 10.0 Å². The van der Waals surface area contributed by atoms with Crippen LogP contribution in [0.5, 0.6) is 0 Å². The number of sulfonamides is 1. The van der Waals surface area contributed by atoms with Crippen LogP contribution in [0.25, 0.3) is 0 Å². The number of esters is 1. The van der Waals surface area contributed by atoms with Crippen molar-refractivity contribution in [2.45, 2.75) is 11.8 Å². The van der Waals surface area contributed by atoms with E-state index in [1.165, 1.54) is 38.4 Å². The van der Waals surface area contributed by atoms with Crippen molar-refractivity contribution in [2.75, 3.05) is 26.0 Å². The molecule has 1 amide bonds. The molecule has 10 heteroatoms. The highest BCUT2D eigenvalue weighted by molar-refractivity contribution is 7.89. The lowest BCUT2D eigenvalue weighted by Gasteiger charge is -2.15. The number of benzene rings is 2. The zero-order valence-electron chi connectivity index (χ0n) is 15.3. The molecule has 0 unspecified atom stereocenters. The Kier molecular flexibility index (Phi) is 7.06. The van der Waals surface area contributed by atoms with Crippen molar-refractivity contribution in [1.29, 1.82) is 0 Å². The Balaban J connectivity index is 2.06. The number of nitrogens with zero attached hydrogens (tertiary/aromatic N) is 1. The number of anilines is 1. The molecule has 2 rings (SSSR count). The molecule has 2 aromatic carbocycles. The van der Waals surface area contributed by atoms with Crippen LogP contribution < -0.4 is 5.32 Å². The van der Waals surface area contributed by atoms with Gasteiger partial charge in [-0.2, -0.15) is 0 Å². The Morgan fingerprint density at radius 2 is 1.79 bits per heavy atom. The number of carbonyl (C=O) groups is 2. The van der Waals surface area contributed by atoms with Crippen molar-refractivity contribution < 1.29 is 22.7 Å². The summed E-state index contributed by atoms with van der Waals surface area (Å²) in [6.45, 7) is 1.08. The van der Waals surface area contributed by atoms with E-state index in [1.807, 2.05) is 0 Å². The van der Waals surface area contributed by atoms with Gasteiger partial charge in [-0.1, -0.05) is 29.3 Å². The fourth-order valence-electron chi connectivity index (χ4n) is 2.21. The van der Waals surface area contributed by atoms with Gasteiger partial charge in [0.15, 0.2) is 6.61 Å². The SMILES string of the molecule is Cc1ccc(NC(=O)COC(=O)c2ccc(Cl)cc2Cl)cc1S(=O)(=O)N(C)C. The predicted octanol–water partition coefficient (Wildman–Crippen LogP) is 3.35. The van der Waals surface area contributed by atoms with Crippen LogP contribution in [0, 0.1) is 6.92 Å². The molecule has 150 valence electrons. The first-order valence-electron chi connectivity index (χ1n) is 7.97. The van der Waals surface area contributed by atoms with E-state index in [2.05, 4.69) is 5.32 Å². The summed E-state index contributed by atoms with van der Waals surface area (Å²) in [6.07, 6.45) is 0. The molecule has 0 fully saturated rings. The average Bonchev–Trinajstić information content (AvgIpc) is 2.61. The van der Waals surface area contributed by atoms with Crippen molar-refractivity contribution in [2.24, 2.45) is 0 Å². The van der Waals surface area contributed by atoms with Crippen LogP contribution in [0.4, 0.5) is 5.69 Å². The van der Waals surface area contributed by atoms with E-state index in [1.54, 1.807) is 19.1 Å². The minimum absolute atomic E-state index is 0.0697. The molecule has 0 aliphatic heterocycles. The lowest BCUT2D eigenvalue weighted by molar-refractivity contribution is -0.119. The average molecular weight is 445 g/mol. The highest BCUT2D eigenvalue weighted by Gasteiger charge is 2.21. The first-order valence-corrected chi connectivity index (χ1v) is 10.2. The van der Waals surface area contributed by atoms with Gasteiger partial charge in [0.25, 0.3) is 5.91 Å². The molecule has 0 bridgehead atoms. The van der Waals surface area contributed by atoms with E-state index in [4.69, 9.17) is 27.9 Å². The van der Waals surface area contributed by atoms with E-state index in [0.29, 0.717) is 10.6 Å². The number of rotatable bonds is 6. The maximum atomic E-state index is 12.3. The quantitative estimate of drug-likeness (QED) is 0.689. The highest BCUT2D eigenvalue weighted by atomic mass is 35.5. The van der Waals surface area contributed by atoms with Gasteiger partial charge in [-0.15, -0.1) is 0 Å². The number of aryl methyl sites for hydroxylation is 1. The maximum absolute atomic E-state index is 12.3. The lowest BCUT2D eigenvalue weighted by atomic mass is 10.2. The Labute approximate surface area is 173 Å². The molecular weight excluding hydrogens is 427 g/mol. The highest BCUT2D eigenvalue weighted by Crippen LogP contribution is 2.23. The minimum atomic E-state index is -3.66. The first kappa shape index (κ1) is 22.2. The van der Waals surface area contributed by atoms with Gasteiger partial charge >= 0.3 is 5.97 Å². The van der Waals surface area contributed by atoms with Gasteiger partial charge < -0.3 is 10.1 Å². The van der Waals surface area contributed by atoms with Gasteiger partial charge in [0, 0.05) is 24.8 Å². The molecule has 0 saturated heterocycles. The summed E-state index contributed by atoms with van der Waals surface area (Å²) in [5.41, 5.74) is 0.876. The molecule has 0 heterocycles. The molecule has 28 heavy (non-hydrogen) atoms. The Morgan fingerprint density at radius 3 is 2.39 bits per heavy atom. The molecule has 7 nitrogen and oxygen atoms in total. The molecule has 0 saturated carbocycles. The normalized spacial score (nSPS) is 11.4. The molecule has 0 aromatic heterocycles. The van der Waals surface area contributed by atoms with Crippen LogP contribution in [0.3, 0.4) is 0 Å². The topological polar surface area (TPSA) is 92.8 Å². The van der Waals surface area contributed by atoms with Crippen LogP contribution in [-0.2, 0) is 19.6 Å². The van der Waals surface area contributed by atoms with Gasteiger partial charge in [0.05, 0.1) is 15.5 Å². The summed E-state index contributed by atoms with van der Waals surface area (Å²) in [5.74, 6) is -1.41.